The highest BCUT2D eigenvalue weighted by Gasteiger charge is 2.22. The Morgan fingerprint density at radius 2 is 2.13 bits per heavy atom. The molecule has 7 nitrogen and oxygen atoms in total. The van der Waals surface area contributed by atoms with Gasteiger partial charge < -0.3 is 14.7 Å². The lowest BCUT2D eigenvalue weighted by Crippen LogP contribution is -2.22. The zero-order valence-corrected chi connectivity index (χ0v) is 12.6. The maximum Gasteiger partial charge on any atom is 0.316 e. The number of hydrogen-bond donors (Lipinski definition) is 2. The van der Waals surface area contributed by atoms with Crippen LogP contribution in [0.3, 0.4) is 0 Å². The van der Waals surface area contributed by atoms with E-state index >= 15 is 0 Å². The summed E-state index contributed by atoms with van der Waals surface area (Å²) in [5.74, 6) is -0.304. The fourth-order valence-electron chi connectivity index (χ4n) is 3.05. The predicted octanol–water partition coefficient (Wildman–Crippen LogP) is 2.92. The summed E-state index contributed by atoms with van der Waals surface area (Å²) in [7, 11) is 0. The van der Waals surface area contributed by atoms with Crippen molar-refractivity contribution in [1.82, 2.24) is 20.2 Å². The van der Waals surface area contributed by atoms with E-state index in [4.69, 9.17) is 4.42 Å². The van der Waals surface area contributed by atoms with E-state index in [0.717, 1.165) is 18.2 Å². The molecule has 3 heterocycles. The number of ketones is 1. The van der Waals surface area contributed by atoms with Crippen molar-refractivity contribution in [2.45, 2.75) is 38.1 Å². The normalized spacial score (nSPS) is 15.8. The van der Waals surface area contributed by atoms with Crippen molar-refractivity contribution >= 4 is 22.8 Å². The smallest absolute Gasteiger partial charge is 0.316 e. The Hall–Kier alpha value is -2.70. The molecule has 1 fully saturated rings. The highest BCUT2D eigenvalue weighted by molar-refractivity contribution is 6.13. The number of anilines is 1. The van der Waals surface area contributed by atoms with Gasteiger partial charge in [-0.15, -0.1) is 5.10 Å². The maximum absolute atomic E-state index is 12.6. The number of carbonyl (C=O) groups is 1. The zero-order valence-electron chi connectivity index (χ0n) is 12.6. The Kier molecular flexibility index (Phi) is 3.53. The fourth-order valence-corrected chi connectivity index (χ4v) is 3.05. The van der Waals surface area contributed by atoms with E-state index in [1.807, 2.05) is 6.07 Å². The van der Waals surface area contributed by atoms with Gasteiger partial charge in [0.1, 0.15) is 5.65 Å². The minimum absolute atomic E-state index is 0.00642. The summed E-state index contributed by atoms with van der Waals surface area (Å²) >= 11 is 0. The molecular weight excluding hydrogens is 294 g/mol. The lowest BCUT2D eigenvalue weighted by atomic mass is 9.96. The second-order valence-corrected chi connectivity index (χ2v) is 5.82. The Balaban J connectivity index is 1.55. The molecule has 0 aliphatic heterocycles. The minimum atomic E-state index is -0.298. The van der Waals surface area contributed by atoms with Crippen LogP contribution in [0.5, 0.6) is 0 Å². The Morgan fingerprint density at radius 3 is 3.00 bits per heavy atom. The van der Waals surface area contributed by atoms with Gasteiger partial charge in [0.15, 0.2) is 0 Å². The molecule has 1 aliphatic rings. The number of pyridine rings is 1. The zero-order chi connectivity index (χ0) is 15.6. The Bertz CT molecular complexity index is 832. The second-order valence-electron chi connectivity index (χ2n) is 5.82. The van der Waals surface area contributed by atoms with Crippen molar-refractivity contribution in [3.8, 4) is 0 Å². The molecule has 1 saturated carbocycles. The maximum atomic E-state index is 12.6. The van der Waals surface area contributed by atoms with Crippen LogP contribution in [0.25, 0.3) is 11.0 Å². The van der Waals surface area contributed by atoms with Crippen molar-refractivity contribution in [3.63, 3.8) is 0 Å². The van der Waals surface area contributed by atoms with E-state index in [1.165, 1.54) is 19.3 Å². The van der Waals surface area contributed by atoms with Gasteiger partial charge in [0.2, 0.25) is 0 Å². The molecule has 0 amide bonds. The summed E-state index contributed by atoms with van der Waals surface area (Å²) in [6, 6.07) is 4.29. The summed E-state index contributed by atoms with van der Waals surface area (Å²) in [6.07, 6.45) is 9.18. The van der Waals surface area contributed by atoms with Crippen LogP contribution in [0.1, 0.15) is 48.4 Å². The van der Waals surface area contributed by atoms with Crippen molar-refractivity contribution < 1.29 is 9.21 Å². The first kappa shape index (κ1) is 13.9. The van der Waals surface area contributed by atoms with Crippen LogP contribution in [-0.4, -0.2) is 32.0 Å². The summed E-state index contributed by atoms with van der Waals surface area (Å²) < 4.78 is 5.50. The number of nitrogens with one attached hydrogen (secondary N) is 2. The van der Waals surface area contributed by atoms with Gasteiger partial charge in [-0.2, -0.15) is 0 Å². The molecule has 0 radical (unpaired) electrons. The molecule has 4 rings (SSSR count). The number of aromatic amines is 1. The van der Waals surface area contributed by atoms with Crippen LogP contribution in [0, 0.1) is 0 Å². The topological polar surface area (TPSA) is 96.7 Å². The SMILES string of the molecule is O=C(c1nnc(NC2CCCCC2)o1)c1c[nH]c2ncccc12. The largest absolute Gasteiger partial charge is 0.400 e. The predicted molar refractivity (Wildman–Crippen MR) is 84.3 cm³/mol. The molecule has 1 aliphatic carbocycles. The molecule has 0 saturated heterocycles. The van der Waals surface area contributed by atoms with Crippen LogP contribution in [0.2, 0.25) is 0 Å². The average Bonchev–Trinajstić information content (AvgIpc) is 3.22. The van der Waals surface area contributed by atoms with Crippen molar-refractivity contribution in [2.75, 3.05) is 5.32 Å². The number of nitrogens with zero attached hydrogens (tertiary/aromatic N) is 3. The first-order chi connectivity index (χ1) is 11.3. The van der Waals surface area contributed by atoms with Crippen LogP contribution in [0.4, 0.5) is 6.01 Å². The number of carbonyl (C=O) groups excluding carboxylic acids is 1. The van der Waals surface area contributed by atoms with Crippen molar-refractivity contribution in [2.24, 2.45) is 0 Å². The van der Waals surface area contributed by atoms with E-state index in [1.54, 1.807) is 18.5 Å². The van der Waals surface area contributed by atoms with Crippen LogP contribution < -0.4 is 5.32 Å². The standard InChI is InChI=1S/C16H17N5O2/c22-13(12-9-18-14-11(12)7-4-8-17-14)15-20-21-16(23-15)19-10-5-2-1-3-6-10/h4,7-10H,1-3,5-6H2,(H,17,18)(H,19,21). The number of aromatic nitrogens is 4. The minimum Gasteiger partial charge on any atom is -0.400 e. The summed E-state index contributed by atoms with van der Waals surface area (Å²) in [6.45, 7) is 0. The highest BCUT2D eigenvalue weighted by Crippen LogP contribution is 2.23. The molecule has 0 unspecified atom stereocenters. The van der Waals surface area contributed by atoms with Gasteiger partial charge in [-0.25, -0.2) is 4.98 Å². The molecule has 7 heteroatoms. The molecule has 0 spiro atoms. The molecule has 23 heavy (non-hydrogen) atoms. The van der Waals surface area contributed by atoms with Gasteiger partial charge in [-0.1, -0.05) is 24.4 Å². The summed E-state index contributed by atoms with van der Waals surface area (Å²) in [5, 5.41) is 11.8. The molecule has 3 aromatic rings. The van der Waals surface area contributed by atoms with E-state index < -0.39 is 0 Å². The second kappa shape index (κ2) is 5.83. The Morgan fingerprint density at radius 1 is 1.26 bits per heavy atom. The third-order valence-corrected chi connectivity index (χ3v) is 4.25. The molecule has 0 aromatic carbocycles. The van der Waals surface area contributed by atoms with Gasteiger partial charge in [-0.3, -0.25) is 4.79 Å². The number of hydrogen-bond acceptors (Lipinski definition) is 6. The molecule has 0 atom stereocenters. The fraction of sp³-hybridized carbons (Fsp3) is 0.375. The van der Waals surface area contributed by atoms with Crippen LogP contribution in [0.15, 0.2) is 28.9 Å². The van der Waals surface area contributed by atoms with E-state index in [9.17, 15) is 4.79 Å². The summed E-state index contributed by atoms with van der Waals surface area (Å²) in [5.41, 5.74) is 1.15. The molecule has 0 bridgehead atoms. The quantitative estimate of drug-likeness (QED) is 0.719. The molecule has 118 valence electrons. The van der Waals surface area contributed by atoms with Gasteiger partial charge in [0.25, 0.3) is 11.7 Å². The summed E-state index contributed by atoms with van der Waals surface area (Å²) in [4.78, 5) is 19.7. The molecular formula is C16H17N5O2. The van der Waals surface area contributed by atoms with Gasteiger partial charge >= 0.3 is 6.01 Å². The van der Waals surface area contributed by atoms with E-state index in [0.29, 0.717) is 23.3 Å². The van der Waals surface area contributed by atoms with Crippen LogP contribution in [-0.2, 0) is 0 Å². The third kappa shape index (κ3) is 2.69. The van der Waals surface area contributed by atoms with Gasteiger partial charge in [0, 0.05) is 23.8 Å². The highest BCUT2D eigenvalue weighted by atomic mass is 16.4. The number of H-pyrrole nitrogens is 1. The van der Waals surface area contributed by atoms with Gasteiger partial charge in [0.05, 0.1) is 5.56 Å². The number of fused-ring (bicyclic) bond motifs is 1. The van der Waals surface area contributed by atoms with Crippen LogP contribution >= 0.6 is 0 Å². The van der Waals surface area contributed by atoms with Gasteiger partial charge in [-0.05, 0) is 25.0 Å². The first-order valence-corrected chi connectivity index (χ1v) is 7.88. The molecule has 2 N–H and O–H groups in total. The third-order valence-electron chi connectivity index (χ3n) is 4.25. The number of rotatable bonds is 4. The van der Waals surface area contributed by atoms with E-state index in [-0.39, 0.29) is 11.7 Å². The van der Waals surface area contributed by atoms with E-state index in [2.05, 4.69) is 25.5 Å². The van der Waals surface area contributed by atoms with Crippen molar-refractivity contribution in [3.05, 3.63) is 36.0 Å². The Labute approximate surface area is 132 Å². The lowest BCUT2D eigenvalue weighted by Gasteiger charge is -2.21. The monoisotopic (exact) mass is 311 g/mol. The first-order valence-electron chi connectivity index (χ1n) is 7.88. The average molecular weight is 311 g/mol. The lowest BCUT2D eigenvalue weighted by molar-refractivity contribution is 0.100. The molecule has 3 aromatic heterocycles. The van der Waals surface area contributed by atoms with Crippen molar-refractivity contribution in [1.29, 1.82) is 0 Å².